The first-order valence-corrected chi connectivity index (χ1v) is 7.61. The van der Waals surface area contributed by atoms with Crippen molar-refractivity contribution in [1.82, 2.24) is 4.90 Å². The Morgan fingerprint density at radius 1 is 1.50 bits per heavy atom. The van der Waals surface area contributed by atoms with Gasteiger partial charge in [-0.1, -0.05) is 19.8 Å². The lowest BCUT2D eigenvalue weighted by molar-refractivity contribution is 0.0487. The van der Waals surface area contributed by atoms with Gasteiger partial charge >= 0.3 is 0 Å². The molecule has 1 heterocycles. The maximum atomic E-state index is 12.9. The number of nitrogens with zero attached hydrogens (tertiary/aromatic N) is 1. The van der Waals surface area contributed by atoms with Gasteiger partial charge in [0.25, 0.3) is 0 Å². The summed E-state index contributed by atoms with van der Waals surface area (Å²) in [7, 11) is 4.10. The molecular weight excluding hydrogens is 242 g/mol. The van der Waals surface area contributed by atoms with E-state index in [0.717, 1.165) is 24.8 Å². The highest BCUT2D eigenvalue weighted by Crippen LogP contribution is 2.38. The summed E-state index contributed by atoms with van der Waals surface area (Å²) in [5.41, 5.74) is 0.630. The molecular formula is C15H23NOS. The zero-order chi connectivity index (χ0) is 13.3. The highest BCUT2D eigenvalue weighted by molar-refractivity contribution is 7.10. The zero-order valence-corrected chi connectivity index (χ0v) is 12.6. The molecule has 0 bridgehead atoms. The molecule has 2 atom stereocenters. The number of carbonyl (C=O) groups excluding carboxylic acids is 1. The number of thiophene rings is 1. The van der Waals surface area contributed by atoms with E-state index < -0.39 is 0 Å². The smallest absolute Gasteiger partial charge is 0.183 e. The molecule has 1 saturated carbocycles. The van der Waals surface area contributed by atoms with Gasteiger partial charge in [0.15, 0.2) is 5.78 Å². The fraction of sp³-hybridized carbons (Fsp3) is 0.667. The monoisotopic (exact) mass is 265 g/mol. The summed E-state index contributed by atoms with van der Waals surface area (Å²) in [4.78, 5) is 16.3. The molecule has 0 amide bonds. The normalized spacial score (nSPS) is 28.6. The van der Waals surface area contributed by atoms with Crippen LogP contribution in [0.4, 0.5) is 0 Å². The van der Waals surface area contributed by atoms with Gasteiger partial charge in [0.2, 0.25) is 0 Å². The second-order valence-corrected chi connectivity index (χ2v) is 7.02. The van der Waals surface area contributed by atoms with E-state index in [9.17, 15) is 4.79 Å². The third kappa shape index (κ3) is 2.39. The molecule has 2 nitrogen and oxygen atoms in total. The van der Waals surface area contributed by atoms with E-state index in [4.69, 9.17) is 0 Å². The molecule has 1 aromatic rings. The first-order chi connectivity index (χ1) is 8.45. The van der Waals surface area contributed by atoms with Crippen LogP contribution in [-0.2, 0) is 0 Å². The van der Waals surface area contributed by atoms with Crippen LogP contribution >= 0.6 is 11.3 Å². The molecule has 0 radical (unpaired) electrons. The van der Waals surface area contributed by atoms with Crippen LogP contribution in [0.5, 0.6) is 0 Å². The van der Waals surface area contributed by atoms with E-state index in [1.54, 1.807) is 11.3 Å². The molecule has 0 spiro atoms. The number of rotatable bonds is 3. The van der Waals surface area contributed by atoms with Gasteiger partial charge in [-0.05, 0) is 45.8 Å². The van der Waals surface area contributed by atoms with E-state index in [0.29, 0.717) is 11.7 Å². The number of Topliss-reactive ketones (excluding diaryl/α,β-unsaturated/α-hetero) is 1. The van der Waals surface area contributed by atoms with Gasteiger partial charge in [0.05, 0.1) is 5.54 Å². The molecule has 0 saturated heterocycles. The van der Waals surface area contributed by atoms with Crippen LogP contribution in [0.2, 0.25) is 0 Å². The predicted octanol–water partition coefficient (Wildman–Crippen LogP) is 3.75. The van der Waals surface area contributed by atoms with Gasteiger partial charge < -0.3 is 0 Å². The summed E-state index contributed by atoms with van der Waals surface area (Å²) >= 11 is 1.67. The van der Waals surface area contributed by atoms with Crippen molar-refractivity contribution in [3.05, 3.63) is 21.9 Å². The minimum absolute atomic E-state index is 0.273. The number of carbonyl (C=O) groups is 1. The minimum atomic E-state index is -0.273. The quantitative estimate of drug-likeness (QED) is 0.776. The van der Waals surface area contributed by atoms with E-state index >= 15 is 0 Å². The molecule has 1 aliphatic rings. The standard InChI is InChI=1S/C15H23NOS/c1-11-6-5-7-15(9-11,16(3)4)14(17)13-8-12(2)18-10-13/h8,10-11H,5-7,9H2,1-4H3. The van der Waals surface area contributed by atoms with Crippen LogP contribution in [0.25, 0.3) is 0 Å². The zero-order valence-electron chi connectivity index (χ0n) is 11.8. The van der Waals surface area contributed by atoms with Crippen molar-refractivity contribution in [2.24, 2.45) is 5.92 Å². The highest BCUT2D eigenvalue weighted by atomic mass is 32.1. The van der Waals surface area contributed by atoms with E-state index in [1.165, 1.54) is 11.3 Å². The van der Waals surface area contributed by atoms with Crippen LogP contribution in [-0.4, -0.2) is 30.3 Å². The van der Waals surface area contributed by atoms with Crippen LogP contribution in [0.1, 0.15) is 47.8 Å². The second kappa shape index (κ2) is 5.14. The van der Waals surface area contributed by atoms with Crippen molar-refractivity contribution in [2.75, 3.05) is 14.1 Å². The first kappa shape index (κ1) is 13.8. The second-order valence-electron chi connectivity index (χ2n) is 5.90. The van der Waals surface area contributed by atoms with Gasteiger partial charge in [0.1, 0.15) is 0 Å². The van der Waals surface area contributed by atoms with Crippen molar-refractivity contribution in [3.8, 4) is 0 Å². The van der Waals surface area contributed by atoms with Crippen LogP contribution in [0.3, 0.4) is 0 Å². The molecule has 18 heavy (non-hydrogen) atoms. The summed E-state index contributed by atoms with van der Waals surface area (Å²) in [6.45, 7) is 4.33. The lowest BCUT2D eigenvalue weighted by Gasteiger charge is -2.43. The van der Waals surface area contributed by atoms with Gasteiger partial charge in [-0.15, -0.1) is 11.3 Å². The summed E-state index contributed by atoms with van der Waals surface area (Å²) in [6.07, 6.45) is 4.41. The molecule has 100 valence electrons. The fourth-order valence-electron chi connectivity index (χ4n) is 3.17. The van der Waals surface area contributed by atoms with Gasteiger partial charge in [-0.3, -0.25) is 9.69 Å². The van der Waals surface area contributed by atoms with Crippen LogP contribution in [0, 0.1) is 12.8 Å². The largest absolute Gasteiger partial charge is 0.297 e. The molecule has 1 aliphatic carbocycles. The SMILES string of the molecule is Cc1cc(C(=O)C2(N(C)C)CCCC(C)C2)cs1. The van der Waals surface area contributed by atoms with Gasteiger partial charge in [-0.25, -0.2) is 0 Å². The summed E-state index contributed by atoms with van der Waals surface area (Å²) in [5, 5.41) is 2.02. The molecule has 2 rings (SSSR count). The van der Waals surface area contributed by atoms with Gasteiger partial charge in [0, 0.05) is 15.8 Å². The highest BCUT2D eigenvalue weighted by Gasteiger charge is 2.43. The molecule has 0 aromatic carbocycles. The number of likely N-dealkylation sites (N-methyl/N-ethyl adjacent to an activating group) is 1. The van der Waals surface area contributed by atoms with Crippen molar-refractivity contribution < 1.29 is 4.79 Å². The Morgan fingerprint density at radius 2 is 2.22 bits per heavy atom. The third-order valence-electron chi connectivity index (χ3n) is 4.24. The Bertz CT molecular complexity index is 437. The number of hydrogen-bond donors (Lipinski definition) is 0. The fourth-order valence-corrected chi connectivity index (χ4v) is 3.85. The van der Waals surface area contributed by atoms with E-state index in [-0.39, 0.29) is 5.54 Å². The van der Waals surface area contributed by atoms with Crippen molar-refractivity contribution in [1.29, 1.82) is 0 Å². The summed E-state index contributed by atoms with van der Waals surface area (Å²) < 4.78 is 0. The summed E-state index contributed by atoms with van der Waals surface area (Å²) in [5.74, 6) is 0.966. The third-order valence-corrected chi connectivity index (χ3v) is 5.11. The average Bonchev–Trinajstić information content (AvgIpc) is 2.74. The maximum Gasteiger partial charge on any atom is 0.183 e. The topological polar surface area (TPSA) is 20.3 Å². The van der Waals surface area contributed by atoms with Gasteiger partial charge in [-0.2, -0.15) is 0 Å². The molecule has 3 heteroatoms. The molecule has 0 N–H and O–H groups in total. The Balaban J connectivity index is 2.32. The van der Waals surface area contributed by atoms with Crippen molar-refractivity contribution in [2.45, 2.75) is 45.1 Å². The van der Waals surface area contributed by atoms with E-state index in [1.807, 2.05) is 11.4 Å². The molecule has 0 aliphatic heterocycles. The molecule has 1 aromatic heterocycles. The first-order valence-electron chi connectivity index (χ1n) is 6.73. The lowest BCUT2D eigenvalue weighted by Crippen LogP contribution is -2.53. The van der Waals surface area contributed by atoms with E-state index in [2.05, 4.69) is 32.8 Å². The number of aryl methyl sites for hydroxylation is 1. The average molecular weight is 265 g/mol. The van der Waals surface area contributed by atoms with Crippen molar-refractivity contribution >= 4 is 17.1 Å². The summed E-state index contributed by atoms with van der Waals surface area (Å²) in [6, 6.07) is 2.04. The Morgan fingerprint density at radius 3 is 2.72 bits per heavy atom. The predicted molar refractivity (Wildman–Crippen MR) is 77.4 cm³/mol. The van der Waals surface area contributed by atoms with Crippen LogP contribution in [0.15, 0.2) is 11.4 Å². The number of ketones is 1. The Labute approximate surface area is 114 Å². The van der Waals surface area contributed by atoms with Crippen LogP contribution < -0.4 is 0 Å². The Kier molecular flexibility index (Phi) is 3.93. The minimum Gasteiger partial charge on any atom is -0.297 e. The lowest BCUT2D eigenvalue weighted by atomic mass is 9.72. The van der Waals surface area contributed by atoms with Crippen molar-refractivity contribution in [3.63, 3.8) is 0 Å². The maximum absolute atomic E-state index is 12.9. The molecule has 1 fully saturated rings. The molecule has 2 unspecified atom stereocenters. The number of hydrogen-bond acceptors (Lipinski definition) is 3. The Hall–Kier alpha value is -0.670.